The highest BCUT2D eigenvalue weighted by molar-refractivity contribution is 6.18. The summed E-state index contributed by atoms with van der Waals surface area (Å²) in [5.41, 5.74) is 3.28. The van der Waals surface area contributed by atoms with E-state index in [0.29, 0.717) is 11.3 Å². The summed E-state index contributed by atoms with van der Waals surface area (Å²) in [4.78, 5) is 0. The van der Waals surface area contributed by atoms with Gasteiger partial charge in [-0.1, -0.05) is 51.0 Å². The summed E-state index contributed by atoms with van der Waals surface area (Å²) in [6.45, 7) is 4.48. The normalized spacial score (nSPS) is 18.8. The Morgan fingerprint density at radius 1 is 1.12 bits per heavy atom. The van der Waals surface area contributed by atoms with Crippen LogP contribution >= 0.6 is 11.6 Å². The molecule has 1 heteroatoms. The van der Waals surface area contributed by atoms with Crippen LogP contribution in [0.4, 0.5) is 0 Å². The molecule has 1 fully saturated rings. The van der Waals surface area contributed by atoms with Crippen molar-refractivity contribution in [1.29, 1.82) is 0 Å². The maximum Gasteiger partial charge on any atom is 0.0283 e. The van der Waals surface area contributed by atoms with Gasteiger partial charge in [-0.15, -0.1) is 11.6 Å². The van der Waals surface area contributed by atoms with E-state index in [1.54, 1.807) is 0 Å². The van der Waals surface area contributed by atoms with Crippen molar-refractivity contribution in [2.45, 2.75) is 51.9 Å². The van der Waals surface area contributed by atoms with Crippen LogP contribution in [-0.4, -0.2) is 5.88 Å². The summed E-state index contributed by atoms with van der Waals surface area (Å²) >= 11 is 6.20. The lowest BCUT2D eigenvalue weighted by atomic mass is 9.81. The standard InChI is InChI=1S/C16H23Cl/c1-13(2)15-7-5-14(6-8-15)11-16(12-17)9-3-4-10-16/h5-8,13H,3-4,9-12H2,1-2H3. The van der Waals surface area contributed by atoms with Crippen molar-refractivity contribution in [2.75, 3.05) is 5.88 Å². The van der Waals surface area contributed by atoms with Crippen LogP contribution in [0.5, 0.6) is 0 Å². The molecule has 0 amide bonds. The Kier molecular flexibility index (Phi) is 4.14. The monoisotopic (exact) mass is 250 g/mol. The lowest BCUT2D eigenvalue weighted by molar-refractivity contribution is 0.341. The number of halogens is 1. The maximum atomic E-state index is 6.20. The number of hydrogen-bond donors (Lipinski definition) is 0. The molecule has 0 heterocycles. The highest BCUT2D eigenvalue weighted by Crippen LogP contribution is 2.41. The molecule has 0 spiro atoms. The van der Waals surface area contributed by atoms with Gasteiger partial charge < -0.3 is 0 Å². The molecule has 1 aromatic carbocycles. The maximum absolute atomic E-state index is 6.20. The minimum Gasteiger partial charge on any atom is -0.126 e. The van der Waals surface area contributed by atoms with Gasteiger partial charge in [0.1, 0.15) is 0 Å². The molecular formula is C16H23Cl. The van der Waals surface area contributed by atoms with Gasteiger partial charge in [0.2, 0.25) is 0 Å². The fraction of sp³-hybridized carbons (Fsp3) is 0.625. The van der Waals surface area contributed by atoms with Gasteiger partial charge in [0.05, 0.1) is 0 Å². The Hall–Kier alpha value is -0.490. The van der Waals surface area contributed by atoms with E-state index in [9.17, 15) is 0 Å². The highest BCUT2D eigenvalue weighted by Gasteiger charge is 2.32. The zero-order valence-corrected chi connectivity index (χ0v) is 11.8. The van der Waals surface area contributed by atoms with Crippen molar-refractivity contribution in [2.24, 2.45) is 5.41 Å². The lowest BCUT2D eigenvalue weighted by Crippen LogP contribution is -2.21. The lowest BCUT2D eigenvalue weighted by Gasteiger charge is -2.26. The minimum absolute atomic E-state index is 0.390. The Labute approximate surface area is 110 Å². The summed E-state index contributed by atoms with van der Waals surface area (Å²) in [6, 6.07) is 9.14. The largest absolute Gasteiger partial charge is 0.126 e. The van der Waals surface area contributed by atoms with Crippen LogP contribution in [-0.2, 0) is 6.42 Å². The molecule has 0 aliphatic heterocycles. The predicted octanol–water partition coefficient (Wildman–Crippen LogP) is 5.15. The Morgan fingerprint density at radius 2 is 1.71 bits per heavy atom. The van der Waals surface area contributed by atoms with E-state index < -0.39 is 0 Å². The van der Waals surface area contributed by atoms with E-state index in [1.165, 1.54) is 36.8 Å². The number of rotatable bonds is 4. The van der Waals surface area contributed by atoms with Gasteiger partial charge in [0, 0.05) is 5.88 Å². The molecule has 0 bridgehead atoms. The average Bonchev–Trinajstić information content (AvgIpc) is 2.79. The SMILES string of the molecule is CC(C)c1ccc(CC2(CCl)CCCC2)cc1. The fourth-order valence-corrected chi connectivity index (χ4v) is 3.30. The predicted molar refractivity (Wildman–Crippen MR) is 75.9 cm³/mol. The first kappa shape index (κ1) is 13.0. The quantitative estimate of drug-likeness (QED) is 0.648. The molecular weight excluding hydrogens is 228 g/mol. The molecule has 0 aromatic heterocycles. The summed E-state index contributed by atoms with van der Waals surface area (Å²) in [7, 11) is 0. The van der Waals surface area contributed by atoms with Crippen molar-refractivity contribution in [3.8, 4) is 0 Å². The van der Waals surface area contributed by atoms with Crippen LogP contribution in [0.25, 0.3) is 0 Å². The molecule has 1 saturated carbocycles. The van der Waals surface area contributed by atoms with Gasteiger partial charge in [-0.3, -0.25) is 0 Å². The van der Waals surface area contributed by atoms with E-state index in [2.05, 4.69) is 38.1 Å². The third kappa shape index (κ3) is 3.04. The van der Waals surface area contributed by atoms with Gasteiger partial charge in [-0.25, -0.2) is 0 Å². The second-order valence-corrected chi connectivity index (χ2v) is 6.18. The van der Waals surface area contributed by atoms with E-state index in [4.69, 9.17) is 11.6 Å². The molecule has 0 atom stereocenters. The molecule has 0 nitrogen and oxygen atoms in total. The van der Waals surface area contributed by atoms with Crippen LogP contribution < -0.4 is 0 Å². The second-order valence-electron chi connectivity index (χ2n) is 5.91. The Balaban J connectivity index is 2.07. The Morgan fingerprint density at radius 3 is 2.18 bits per heavy atom. The molecule has 1 aliphatic rings. The molecule has 0 unspecified atom stereocenters. The molecule has 0 radical (unpaired) electrons. The van der Waals surface area contributed by atoms with Gasteiger partial charge in [-0.05, 0) is 41.7 Å². The molecule has 17 heavy (non-hydrogen) atoms. The summed E-state index contributed by atoms with van der Waals surface area (Å²) < 4.78 is 0. The minimum atomic E-state index is 0.390. The van der Waals surface area contributed by atoms with Crippen molar-refractivity contribution in [3.05, 3.63) is 35.4 Å². The van der Waals surface area contributed by atoms with E-state index in [0.717, 1.165) is 12.3 Å². The van der Waals surface area contributed by atoms with Crippen LogP contribution in [0, 0.1) is 5.41 Å². The van der Waals surface area contributed by atoms with Gasteiger partial charge in [0.25, 0.3) is 0 Å². The van der Waals surface area contributed by atoms with Crippen LogP contribution in [0.1, 0.15) is 56.6 Å². The van der Waals surface area contributed by atoms with Crippen LogP contribution in [0.3, 0.4) is 0 Å². The zero-order valence-electron chi connectivity index (χ0n) is 11.0. The number of hydrogen-bond acceptors (Lipinski definition) is 0. The molecule has 0 saturated heterocycles. The van der Waals surface area contributed by atoms with Crippen LogP contribution in [0.15, 0.2) is 24.3 Å². The molecule has 0 N–H and O–H groups in total. The topological polar surface area (TPSA) is 0 Å². The third-order valence-corrected chi connectivity index (χ3v) is 4.74. The Bertz CT molecular complexity index is 344. The van der Waals surface area contributed by atoms with Crippen molar-refractivity contribution < 1.29 is 0 Å². The van der Waals surface area contributed by atoms with Crippen molar-refractivity contribution >= 4 is 11.6 Å². The number of benzene rings is 1. The van der Waals surface area contributed by atoms with Crippen molar-refractivity contribution in [3.63, 3.8) is 0 Å². The molecule has 2 rings (SSSR count). The summed E-state index contributed by atoms with van der Waals surface area (Å²) in [5, 5.41) is 0. The number of alkyl halides is 1. The first-order chi connectivity index (χ1) is 8.15. The first-order valence-corrected chi connectivity index (χ1v) is 7.33. The third-order valence-electron chi connectivity index (χ3n) is 4.17. The van der Waals surface area contributed by atoms with Crippen molar-refractivity contribution in [1.82, 2.24) is 0 Å². The van der Waals surface area contributed by atoms with E-state index in [1.807, 2.05) is 0 Å². The van der Waals surface area contributed by atoms with Gasteiger partial charge in [-0.2, -0.15) is 0 Å². The summed E-state index contributed by atoms with van der Waals surface area (Å²) in [6.07, 6.45) is 6.49. The van der Waals surface area contributed by atoms with E-state index in [-0.39, 0.29) is 0 Å². The smallest absolute Gasteiger partial charge is 0.0283 e. The zero-order chi connectivity index (χ0) is 12.3. The first-order valence-electron chi connectivity index (χ1n) is 6.80. The van der Waals surface area contributed by atoms with Gasteiger partial charge in [0.15, 0.2) is 0 Å². The molecule has 1 aliphatic carbocycles. The average molecular weight is 251 g/mol. The van der Waals surface area contributed by atoms with E-state index >= 15 is 0 Å². The molecule has 1 aromatic rings. The van der Waals surface area contributed by atoms with Gasteiger partial charge >= 0.3 is 0 Å². The second kappa shape index (κ2) is 5.44. The fourth-order valence-electron chi connectivity index (χ4n) is 2.94. The molecule has 94 valence electrons. The summed E-state index contributed by atoms with van der Waals surface area (Å²) in [5.74, 6) is 1.44. The highest BCUT2D eigenvalue weighted by atomic mass is 35.5. The van der Waals surface area contributed by atoms with Crippen LogP contribution in [0.2, 0.25) is 0 Å².